The van der Waals surface area contributed by atoms with Crippen LogP contribution >= 0.6 is 0 Å². The van der Waals surface area contributed by atoms with Gasteiger partial charge < -0.3 is 25.7 Å². The van der Waals surface area contributed by atoms with Crippen molar-refractivity contribution < 1.29 is 4.79 Å². The molecule has 1 aromatic carbocycles. The maximum absolute atomic E-state index is 12.3. The summed E-state index contributed by atoms with van der Waals surface area (Å²) in [6.45, 7) is 3.53. The average Bonchev–Trinajstić information content (AvgIpc) is 3.10. The predicted molar refractivity (Wildman–Crippen MR) is 110 cm³/mol. The first kappa shape index (κ1) is 18.7. The molecule has 0 radical (unpaired) electrons. The first-order valence-electron chi connectivity index (χ1n) is 8.97. The van der Waals surface area contributed by atoms with Crippen LogP contribution in [0.5, 0.6) is 0 Å². The number of hydrogen-bond donors (Lipinski definition) is 3. The lowest BCUT2D eigenvalue weighted by molar-refractivity contribution is 0.251. The van der Waals surface area contributed by atoms with Crippen molar-refractivity contribution in [2.24, 2.45) is 0 Å². The molecule has 0 bridgehead atoms. The minimum absolute atomic E-state index is 0.236. The number of benzene rings is 1. The number of urea groups is 1. The van der Waals surface area contributed by atoms with E-state index in [4.69, 9.17) is 5.73 Å². The van der Waals surface area contributed by atoms with Gasteiger partial charge in [-0.05, 0) is 57.2 Å². The monoisotopic (exact) mass is 366 g/mol. The van der Waals surface area contributed by atoms with E-state index in [1.54, 1.807) is 6.20 Å². The lowest BCUT2D eigenvalue weighted by Crippen LogP contribution is -2.31. The molecule has 3 rings (SSSR count). The minimum atomic E-state index is -0.236. The largest absolute Gasteiger partial charge is 0.398 e. The van der Waals surface area contributed by atoms with Gasteiger partial charge in [-0.1, -0.05) is 12.1 Å². The number of amides is 2. The zero-order chi connectivity index (χ0) is 19.4. The van der Waals surface area contributed by atoms with Crippen molar-refractivity contribution in [1.29, 1.82) is 0 Å². The molecule has 4 N–H and O–H groups in total. The van der Waals surface area contributed by atoms with Crippen LogP contribution in [-0.4, -0.2) is 47.5 Å². The van der Waals surface area contributed by atoms with Crippen LogP contribution in [0, 0.1) is 6.92 Å². The van der Waals surface area contributed by atoms with Crippen LogP contribution < -0.4 is 16.4 Å². The molecule has 0 fully saturated rings. The van der Waals surface area contributed by atoms with Crippen molar-refractivity contribution in [2.45, 2.75) is 13.3 Å². The number of carbonyl (C=O) groups is 1. The Morgan fingerprint density at radius 2 is 2.15 bits per heavy atom. The van der Waals surface area contributed by atoms with Gasteiger partial charge in [-0.25, -0.2) is 9.78 Å². The topological polar surface area (TPSA) is 87.7 Å². The summed E-state index contributed by atoms with van der Waals surface area (Å²) in [5, 5.41) is 5.81. The van der Waals surface area contributed by atoms with Crippen molar-refractivity contribution in [2.75, 3.05) is 38.2 Å². The van der Waals surface area contributed by atoms with Gasteiger partial charge in [0.2, 0.25) is 0 Å². The summed E-state index contributed by atoms with van der Waals surface area (Å²) in [4.78, 5) is 18.7. The van der Waals surface area contributed by atoms with E-state index in [-0.39, 0.29) is 6.03 Å². The van der Waals surface area contributed by atoms with Crippen LogP contribution in [0.1, 0.15) is 12.0 Å². The number of aromatic nitrogens is 2. The number of nitrogens with zero attached hydrogens (tertiary/aromatic N) is 3. The summed E-state index contributed by atoms with van der Waals surface area (Å²) in [7, 11) is 4.03. The first-order valence-corrected chi connectivity index (χ1v) is 8.97. The van der Waals surface area contributed by atoms with Gasteiger partial charge in [-0.2, -0.15) is 0 Å². The summed E-state index contributed by atoms with van der Waals surface area (Å²) < 4.78 is 1.90. The van der Waals surface area contributed by atoms with Crippen molar-refractivity contribution in [3.05, 3.63) is 48.4 Å². The van der Waals surface area contributed by atoms with E-state index in [1.807, 2.05) is 62.1 Å². The van der Waals surface area contributed by atoms with Gasteiger partial charge >= 0.3 is 6.03 Å². The number of nitrogens with two attached hydrogens (primary N) is 1. The average molecular weight is 366 g/mol. The molecule has 0 saturated carbocycles. The van der Waals surface area contributed by atoms with E-state index in [1.165, 1.54) is 0 Å². The summed E-state index contributed by atoms with van der Waals surface area (Å²) in [5.41, 5.74) is 11.2. The number of anilines is 2. The highest BCUT2D eigenvalue weighted by Crippen LogP contribution is 2.30. The van der Waals surface area contributed by atoms with Crippen LogP contribution in [0.3, 0.4) is 0 Å². The van der Waals surface area contributed by atoms with Crippen molar-refractivity contribution in [1.82, 2.24) is 19.6 Å². The molecule has 0 aliphatic carbocycles. The van der Waals surface area contributed by atoms with Crippen molar-refractivity contribution in [3.8, 4) is 11.1 Å². The van der Waals surface area contributed by atoms with Crippen molar-refractivity contribution in [3.63, 3.8) is 0 Å². The number of carbonyl (C=O) groups excluding carboxylic acids is 1. The van der Waals surface area contributed by atoms with Crippen LogP contribution in [0.2, 0.25) is 0 Å². The molecule has 0 unspecified atom stereocenters. The predicted octanol–water partition coefficient (Wildman–Crippen LogP) is 2.97. The second-order valence-electron chi connectivity index (χ2n) is 6.86. The van der Waals surface area contributed by atoms with E-state index >= 15 is 0 Å². The Balaban J connectivity index is 1.84. The molecule has 27 heavy (non-hydrogen) atoms. The van der Waals surface area contributed by atoms with Crippen LogP contribution in [0.15, 0.2) is 42.9 Å². The molecule has 0 aliphatic heterocycles. The fourth-order valence-electron chi connectivity index (χ4n) is 3.00. The standard InChI is InChI=1S/C20H26N6O/c1-14-16(6-4-7-17(14)21)15-12-18(19-22-9-11-26(19)13-15)24-20(27)23-8-5-10-25(2)3/h4,6-7,9,11-13H,5,8,10,21H2,1-3H3,(H2,23,24,27). The Bertz CT molecular complexity index is 947. The van der Waals surface area contributed by atoms with E-state index < -0.39 is 0 Å². The number of pyridine rings is 1. The van der Waals surface area contributed by atoms with Crippen molar-refractivity contribution >= 4 is 23.1 Å². The highest BCUT2D eigenvalue weighted by molar-refractivity contribution is 5.94. The van der Waals surface area contributed by atoms with Gasteiger partial charge in [0, 0.05) is 36.4 Å². The van der Waals surface area contributed by atoms with Gasteiger partial charge in [-0.15, -0.1) is 0 Å². The Hall–Kier alpha value is -3.06. The molecular weight excluding hydrogens is 340 g/mol. The number of imidazole rings is 1. The Morgan fingerprint density at radius 1 is 1.33 bits per heavy atom. The van der Waals surface area contributed by atoms with Gasteiger partial charge in [0.25, 0.3) is 0 Å². The second-order valence-corrected chi connectivity index (χ2v) is 6.86. The maximum atomic E-state index is 12.3. The Kier molecular flexibility index (Phi) is 5.61. The lowest BCUT2D eigenvalue weighted by Gasteiger charge is -2.14. The smallest absolute Gasteiger partial charge is 0.319 e. The van der Waals surface area contributed by atoms with E-state index in [0.29, 0.717) is 17.9 Å². The molecule has 0 spiro atoms. The molecule has 142 valence electrons. The Morgan fingerprint density at radius 3 is 2.93 bits per heavy atom. The first-order chi connectivity index (χ1) is 13.0. The number of rotatable bonds is 6. The highest BCUT2D eigenvalue weighted by Gasteiger charge is 2.12. The number of nitrogen functional groups attached to an aromatic ring is 1. The maximum Gasteiger partial charge on any atom is 0.319 e. The summed E-state index contributed by atoms with van der Waals surface area (Å²) in [6, 6.07) is 7.54. The fourth-order valence-corrected chi connectivity index (χ4v) is 3.00. The van der Waals surface area contributed by atoms with E-state index in [9.17, 15) is 4.79 Å². The van der Waals surface area contributed by atoms with Gasteiger partial charge in [0.1, 0.15) is 0 Å². The number of nitrogens with one attached hydrogen (secondary N) is 2. The molecule has 2 amide bonds. The number of hydrogen-bond acceptors (Lipinski definition) is 4. The molecule has 7 heteroatoms. The molecule has 0 saturated heterocycles. The minimum Gasteiger partial charge on any atom is -0.398 e. The molecule has 0 atom stereocenters. The van der Waals surface area contributed by atoms with Crippen LogP contribution in [0.25, 0.3) is 16.8 Å². The summed E-state index contributed by atoms with van der Waals surface area (Å²) >= 11 is 0. The second kappa shape index (κ2) is 8.09. The third-order valence-electron chi connectivity index (χ3n) is 4.49. The van der Waals surface area contributed by atoms with Gasteiger partial charge in [0.15, 0.2) is 5.65 Å². The zero-order valence-electron chi connectivity index (χ0n) is 16.0. The van der Waals surface area contributed by atoms with E-state index in [0.717, 1.165) is 35.3 Å². The van der Waals surface area contributed by atoms with Crippen LogP contribution in [-0.2, 0) is 0 Å². The molecular formula is C20H26N6O. The van der Waals surface area contributed by atoms with Gasteiger partial charge in [-0.3, -0.25) is 0 Å². The third-order valence-corrected chi connectivity index (χ3v) is 4.49. The van der Waals surface area contributed by atoms with Gasteiger partial charge in [0.05, 0.1) is 5.69 Å². The highest BCUT2D eigenvalue weighted by atomic mass is 16.2. The molecule has 2 heterocycles. The summed E-state index contributed by atoms with van der Waals surface area (Å²) in [6.07, 6.45) is 6.46. The summed E-state index contributed by atoms with van der Waals surface area (Å²) in [5.74, 6) is 0. The number of fused-ring (bicyclic) bond motifs is 1. The zero-order valence-corrected chi connectivity index (χ0v) is 16.0. The molecule has 2 aromatic heterocycles. The Labute approximate surface area is 159 Å². The SMILES string of the molecule is Cc1c(N)cccc1-c1cc(NC(=O)NCCCN(C)C)c2nccn2c1. The quantitative estimate of drug-likeness (QED) is 0.462. The normalized spacial score (nSPS) is 11.1. The molecule has 0 aliphatic rings. The van der Waals surface area contributed by atoms with Crippen LogP contribution in [0.4, 0.5) is 16.2 Å². The third kappa shape index (κ3) is 4.38. The lowest BCUT2D eigenvalue weighted by atomic mass is 10.0. The fraction of sp³-hybridized carbons (Fsp3) is 0.300. The molecule has 7 nitrogen and oxygen atoms in total. The van der Waals surface area contributed by atoms with E-state index in [2.05, 4.69) is 20.5 Å². The molecule has 3 aromatic rings.